The average molecular weight is 786 g/mol. The minimum absolute atomic E-state index is 0.127. The predicted molar refractivity (Wildman–Crippen MR) is 216 cm³/mol. The molecule has 8 heterocycles. The summed E-state index contributed by atoms with van der Waals surface area (Å²) < 4.78 is 9.37. The van der Waals surface area contributed by atoms with Crippen LogP contribution in [0.4, 0.5) is 17.1 Å². The summed E-state index contributed by atoms with van der Waals surface area (Å²) in [7, 11) is 0. The van der Waals surface area contributed by atoms with Gasteiger partial charge in [-0.3, -0.25) is 29.2 Å². The number of anilines is 3. The molecule has 4 amide bonds. The van der Waals surface area contributed by atoms with E-state index in [0.717, 1.165) is 105 Å². The third-order valence-electron chi connectivity index (χ3n) is 12.7. The Morgan fingerprint density at radius 1 is 0.879 bits per heavy atom. The summed E-state index contributed by atoms with van der Waals surface area (Å²) in [6.07, 6.45) is 10.4. The molecule has 0 bridgehead atoms. The number of imidazole rings is 1. The standard InChI is InChI=1S/C42H47N11O5/c54-39-6-4-36(41(56)45-39)51-25-28-1-2-31(22-32(28)42(51)57)49-14-7-27(8-15-49)24-48-12-9-30(10-13-48)53-26-29-21-35(37(23-34(29)47-53)50-17-19-58-20-18-50)44-40(55)33-3-5-38-43-11-16-52(38)46-33/h1-3,5,11,16,21-23,26-27,30,36H,4,6-10,12-15,17-20,24-25H2,(H,44,55)(H,45,54,56). The molecular weight excluding hydrogens is 739 g/mol. The minimum Gasteiger partial charge on any atom is -0.378 e. The number of aromatic nitrogens is 5. The zero-order chi connectivity index (χ0) is 39.3. The number of carbonyl (C=O) groups excluding carboxylic acids is 4. The number of morpholine rings is 1. The molecule has 0 aliphatic carbocycles. The molecule has 2 N–H and O–H groups in total. The zero-order valence-electron chi connectivity index (χ0n) is 32.4. The number of hydrogen-bond acceptors (Lipinski definition) is 11. The Morgan fingerprint density at radius 3 is 2.52 bits per heavy atom. The van der Waals surface area contributed by atoms with E-state index in [2.05, 4.69) is 58.4 Å². The number of nitrogens with one attached hydrogen (secondary N) is 2. The lowest BCUT2D eigenvalue weighted by Crippen LogP contribution is -2.52. The number of likely N-dealkylation sites (tertiary alicyclic amines) is 1. The Morgan fingerprint density at radius 2 is 1.71 bits per heavy atom. The number of rotatable bonds is 8. The SMILES string of the molecule is O=C1CCC(N2Cc3ccc(N4CCC(CN5CCC(n6cc7cc(NC(=O)c8ccc9nccn9n8)c(N8CCOCC8)cc7n6)CC5)CC4)cc3C2=O)C(=O)N1. The molecule has 16 nitrogen and oxygen atoms in total. The number of imide groups is 1. The second kappa shape index (κ2) is 15.1. The second-order valence-corrected chi connectivity index (χ2v) is 16.2. The molecule has 58 heavy (non-hydrogen) atoms. The van der Waals surface area contributed by atoms with Gasteiger partial charge in [-0.2, -0.15) is 10.2 Å². The fourth-order valence-corrected chi connectivity index (χ4v) is 9.40. The Hall–Kier alpha value is -5.87. The number of piperidine rings is 3. The van der Waals surface area contributed by atoms with Gasteiger partial charge in [0.15, 0.2) is 5.65 Å². The number of ether oxygens (including phenoxy) is 1. The van der Waals surface area contributed by atoms with E-state index in [9.17, 15) is 19.2 Å². The Bertz CT molecular complexity index is 2400. The van der Waals surface area contributed by atoms with Gasteiger partial charge in [0.25, 0.3) is 11.8 Å². The zero-order valence-corrected chi connectivity index (χ0v) is 32.4. The summed E-state index contributed by atoms with van der Waals surface area (Å²) in [5, 5.41) is 16.0. The molecule has 300 valence electrons. The molecule has 5 aliphatic rings. The van der Waals surface area contributed by atoms with Crippen LogP contribution in [0.25, 0.3) is 16.6 Å². The largest absolute Gasteiger partial charge is 0.378 e. The van der Waals surface area contributed by atoms with Gasteiger partial charge in [0.05, 0.1) is 36.1 Å². The lowest BCUT2D eigenvalue weighted by molar-refractivity contribution is -0.136. The first-order valence-corrected chi connectivity index (χ1v) is 20.6. The molecule has 1 unspecified atom stereocenters. The predicted octanol–water partition coefficient (Wildman–Crippen LogP) is 3.48. The van der Waals surface area contributed by atoms with Crippen LogP contribution < -0.4 is 20.4 Å². The van der Waals surface area contributed by atoms with E-state index in [0.29, 0.717) is 55.0 Å². The normalized spacial score (nSPS) is 21.3. The average Bonchev–Trinajstić information content (AvgIpc) is 3.98. The van der Waals surface area contributed by atoms with Crippen molar-refractivity contribution in [3.8, 4) is 0 Å². The molecule has 10 rings (SSSR count). The third-order valence-corrected chi connectivity index (χ3v) is 12.7. The van der Waals surface area contributed by atoms with E-state index in [-0.39, 0.29) is 30.0 Å². The summed E-state index contributed by atoms with van der Waals surface area (Å²) in [6.45, 7) is 8.12. The van der Waals surface area contributed by atoms with Crippen molar-refractivity contribution in [2.45, 2.75) is 57.2 Å². The minimum atomic E-state index is -0.599. The van der Waals surface area contributed by atoms with E-state index in [1.807, 2.05) is 18.2 Å². The van der Waals surface area contributed by atoms with Crippen LogP contribution in [0.5, 0.6) is 0 Å². The molecule has 0 saturated carbocycles. The molecule has 4 fully saturated rings. The summed E-state index contributed by atoms with van der Waals surface area (Å²) in [6, 6.07) is 13.4. The third kappa shape index (κ3) is 7.04. The first-order chi connectivity index (χ1) is 28.3. The van der Waals surface area contributed by atoms with Crippen LogP contribution in [0.3, 0.4) is 0 Å². The van der Waals surface area contributed by atoms with Crippen LogP contribution in [0.1, 0.15) is 71.0 Å². The van der Waals surface area contributed by atoms with E-state index in [1.165, 1.54) is 0 Å². The number of carbonyl (C=O) groups is 4. The maximum atomic E-state index is 13.5. The molecule has 5 aliphatic heterocycles. The van der Waals surface area contributed by atoms with Gasteiger partial charge in [0.2, 0.25) is 11.8 Å². The lowest BCUT2D eigenvalue weighted by Gasteiger charge is -2.38. The summed E-state index contributed by atoms with van der Waals surface area (Å²) >= 11 is 0. The van der Waals surface area contributed by atoms with Crippen LogP contribution in [0.2, 0.25) is 0 Å². The summed E-state index contributed by atoms with van der Waals surface area (Å²) in [5.74, 6) is -0.452. The molecule has 5 aromatic rings. The Labute approximate surface area is 335 Å². The maximum Gasteiger partial charge on any atom is 0.276 e. The highest BCUT2D eigenvalue weighted by atomic mass is 16.5. The molecule has 4 saturated heterocycles. The van der Waals surface area contributed by atoms with Crippen molar-refractivity contribution >= 4 is 57.2 Å². The van der Waals surface area contributed by atoms with Gasteiger partial charge in [-0.05, 0) is 80.0 Å². The van der Waals surface area contributed by atoms with E-state index in [4.69, 9.17) is 9.84 Å². The highest BCUT2D eigenvalue weighted by molar-refractivity contribution is 6.07. The van der Waals surface area contributed by atoms with Crippen molar-refractivity contribution in [3.05, 3.63) is 77.9 Å². The number of fused-ring (bicyclic) bond motifs is 3. The molecule has 0 spiro atoms. The van der Waals surface area contributed by atoms with Crippen LogP contribution in [0, 0.1) is 5.92 Å². The van der Waals surface area contributed by atoms with E-state index >= 15 is 0 Å². The van der Waals surface area contributed by atoms with Crippen molar-refractivity contribution in [2.24, 2.45) is 5.92 Å². The molecule has 3 aromatic heterocycles. The second-order valence-electron chi connectivity index (χ2n) is 16.2. The Balaban J connectivity index is 0.751. The quantitative estimate of drug-likeness (QED) is 0.222. The number of benzene rings is 2. The molecule has 16 heteroatoms. The van der Waals surface area contributed by atoms with Gasteiger partial charge in [-0.1, -0.05) is 6.07 Å². The van der Waals surface area contributed by atoms with Gasteiger partial charge >= 0.3 is 0 Å². The summed E-state index contributed by atoms with van der Waals surface area (Å²) in [4.78, 5) is 64.1. The van der Waals surface area contributed by atoms with Crippen molar-refractivity contribution in [3.63, 3.8) is 0 Å². The van der Waals surface area contributed by atoms with Crippen molar-refractivity contribution in [2.75, 3.05) is 74.1 Å². The smallest absolute Gasteiger partial charge is 0.276 e. The lowest BCUT2D eigenvalue weighted by atomic mass is 9.94. The first-order valence-electron chi connectivity index (χ1n) is 20.6. The van der Waals surface area contributed by atoms with Gasteiger partial charge in [0.1, 0.15) is 11.7 Å². The van der Waals surface area contributed by atoms with Gasteiger partial charge in [-0.15, -0.1) is 0 Å². The molecule has 1 atom stereocenters. The van der Waals surface area contributed by atoms with Gasteiger partial charge in [0, 0.05) is 94.0 Å². The van der Waals surface area contributed by atoms with E-state index in [1.54, 1.807) is 33.9 Å². The van der Waals surface area contributed by atoms with Crippen LogP contribution >= 0.6 is 0 Å². The molecular formula is C42H47N11O5. The molecule has 0 radical (unpaired) electrons. The van der Waals surface area contributed by atoms with Crippen LogP contribution in [-0.2, 0) is 20.9 Å². The van der Waals surface area contributed by atoms with Gasteiger partial charge < -0.3 is 29.7 Å². The highest BCUT2D eigenvalue weighted by Gasteiger charge is 2.39. The molecule has 2 aromatic carbocycles. The fourth-order valence-electron chi connectivity index (χ4n) is 9.40. The van der Waals surface area contributed by atoms with E-state index < -0.39 is 6.04 Å². The first kappa shape index (κ1) is 36.5. The topological polar surface area (TPSA) is 163 Å². The maximum absolute atomic E-state index is 13.5. The summed E-state index contributed by atoms with van der Waals surface area (Å²) in [5.41, 5.74) is 6.22. The van der Waals surface area contributed by atoms with Crippen molar-refractivity contribution < 1.29 is 23.9 Å². The Kier molecular flexibility index (Phi) is 9.52. The highest BCUT2D eigenvalue weighted by Crippen LogP contribution is 2.35. The number of hydrogen-bond donors (Lipinski definition) is 2. The number of amides is 4. The fraction of sp³-hybridized carbons (Fsp3) is 0.452. The number of nitrogens with zero attached hydrogens (tertiary/aromatic N) is 9. The van der Waals surface area contributed by atoms with Gasteiger partial charge in [-0.25, -0.2) is 9.50 Å². The van der Waals surface area contributed by atoms with Crippen molar-refractivity contribution in [1.82, 2.24) is 39.5 Å². The van der Waals surface area contributed by atoms with Crippen molar-refractivity contribution in [1.29, 1.82) is 0 Å². The van der Waals surface area contributed by atoms with Crippen LogP contribution in [-0.4, -0.2) is 123 Å². The van der Waals surface area contributed by atoms with Crippen LogP contribution in [0.15, 0.2) is 61.1 Å². The monoisotopic (exact) mass is 785 g/mol.